The highest BCUT2D eigenvalue weighted by Gasteiger charge is 2.16. The van der Waals surface area contributed by atoms with Crippen molar-refractivity contribution >= 4 is 75.2 Å². The van der Waals surface area contributed by atoms with Crippen LogP contribution in [0.15, 0.2) is 63.7 Å². The summed E-state index contributed by atoms with van der Waals surface area (Å²) in [7, 11) is -4.43. The number of hydrogen-bond acceptors (Lipinski definition) is 6. The lowest BCUT2D eigenvalue weighted by Crippen LogP contribution is -1.98. The molecular weight excluding hydrogens is 644 g/mol. The highest BCUT2D eigenvalue weighted by atomic mass is 128. The number of nitrogen functional groups attached to an aromatic ring is 1. The third kappa shape index (κ3) is 8.16. The Bertz CT molecular complexity index is 1120. The molecule has 0 aliphatic carbocycles. The summed E-state index contributed by atoms with van der Waals surface area (Å²) < 4.78 is 31.6. The first-order valence-electron chi connectivity index (χ1n) is 9.42. The Morgan fingerprint density at radius 3 is 2.00 bits per heavy atom. The molecule has 0 heterocycles. The largest absolute Gasteiger partial charge is 0.507 e. The highest BCUT2D eigenvalue weighted by Crippen LogP contribution is 2.38. The Labute approximate surface area is 207 Å². The van der Waals surface area contributed by atoms with Crippen LogP contribution < -0.4 is 5.73 Å². The molecular formula is C21H27I2N3O4S. The summed E-state index contributed by atoms with van der Waals surface area (Å²) in [5.41, 5.74) is 8.19. The second-order valence-corrected chi connectivity index (χ2v) is 6.92. The van der Waals surface area contributed by atoms with E-state index >= 15 is 0 Å². The summed E-state index contributed by atoms with van der Waals surface area (Å²) in [4.78, 5) is -0.411. The van der Waals surface area contributed by atoms with Gasteiger partial charge in [-0.1, -0.05) is 52.0 Å². The summed E-state index contributed by atoms with van der Waals surface area (Å²) in [6.45, 7) is 9.90. The highest BCUT2D eigenvalue weighted by molar-refractivity contribution is 15.0. The van der Waals surface area contributed by atoms with Crippen molar-refractivity contribution in [3.63, 3.8) is 0 Å². The number of azo groups is 1. The van der Waals surface area contributed by atoms with Gasteiger partial charge < -0.3 is 10.8 Å². The van der Waals surface area contributed by atoms with Gasteiger partial charge in [0.15, 0.2) is 0 Å². The first-order valence-corrected chi connectivity index (χ1v) is 17.1. The second-order valence-electron chi connectivity index (χ2n) is 5.50. The number of halogens is 2. The summed E-state index contributed by atoms with van der Waals surface area (Å²) in [5, 5.41) is 19.0. The van der Waals surface area contributed by atoms with E-state index in [0.717, 1.165) is 11.6 Å². The van der Waals surface area contributed by atoms with Gasteiger partial charge in [-0.25, -0.2) is 0 Å². The summed E-state index contributed by atoms with van der Waals surface area (Å²) in [6, 6.07) is 12.7. The number of nitrogens with two attached hydrogens (primary N) is 1. The molecule has 0 fully saturated rings. The van der Waals surface area contributed by atoms with Crippen LogP contribution in [-0.4, -0.2) is 18.1 Å². The Morgan fingerprint density at radius 1 is 0.903 bits per heavy atom. The lowest BCUT2D eigenvalue weighted by atomic mass is 10.1. The average molecular weight is 671 g/mol. The molecule has 0 aromatic heterocycles. The monoisotopic (exact) mass is 671 g/mol. The van der Waals surface area contributed by atoms with Crippen LogP contribution in [0.2, 0.25) is 0 Å². The van der Waals surface area contributed by atoms with Crippen LogP contribution in [0.3, 0.4) is 0 Å². The fourth-order valence-corrected chi connectivity index (χ4v) is 2.99. The minimum Gasteiger partial charge on any atom is -0.507 e. The third-order valence-corrected chi connectivity index (χ3v) is 4.60. The van der Waals surface area contributed by atoms with E-state index in [2.05, 4.69) is 47.5 Å². The fourth-order valence-electron chi connectivity index (χ4n) is 2.45. The number of rotatable bonds is 3. The number of aromatic hydroxyl groups is 1. The molecule has 0 aliphatic rings. The van der Waals surface area contributed by atoms with E-state index < -0.39 is 15.0 Å². The van der Waals surface area contributed by atoms with Crippen molar-refractivity contribution in [2.24, 2.45) is 10.2 Å². The zero-order valence-corrected chi connectivity index (χ0v) is 23.1. The average Bonchev–Trinajstić information content (AvgIpc) is 2.77. The van der Waals surface area contributed by atoms with E-state index in [1.54, 1.807) is 12.1 Å². The van der Waals surface area contributed by atoms with Gasteiger partial charge in [-0.3, -0.25) is 4.55 Å². The number of anilines is 1. The molecule has 3 aromatic rings. The third-order valence-electron chi connectivity index (χ3n) is 3.77. The Kier molecular flexibility index (Phi) is 13.8. The van der Waals surface area contributed by atoms with Crippen molar-refractivity contribution < 1.29 is 18.1 Å². The van der Waals surface area contributed by atoms with Crippen LogP contribution in [0.1, 0.15) is 33.3 Å². The number of hydrogen-bond donors (Lipinski definition) is 3. The quantitative estimate of drug-likeness (QED) is 0.113. The Hall–Kier alpha value is -1.51. The molecule has 3 aromatic carbocycles. The van der Waals surface area contributed by atoms with Gasteiger partial charge in [-0.05, 0) is 36.1 Å². The van der Waals surface area contributed by atoms with Crippen molar-refractivity contribution in [3.05, 3.63) is 54.1 Å². The van der Waals surface area contributed by atoms with Crippen molar-refractivity contribution in [1.82, 2.24) is 0 Å². The van der Waals surface area contributed by atoms with Crippen molar-refractivity contribution in [2.75, 3.05) is 5.73 Å². The van der Waals surface area contributed by atoms with Gasteiger partial charge in [0.05, 0.1) is 16.3 Å². The predicted octanol–water partition coefficient (Wildman–Crippen LogP) is 7.92. The van der Waals surface area contributed by atoms with Gasteiger partial charge in [-0.2, -0.15) is 13.5 Å². The number of phenolic OH excluding ortho intramolecular Hbond substituents is 1. The van der Waals surface area contributed by atoms with Gasteiger partial charge in [-0.15, -0.1) is 5.11 Å². The van der Waals surface area contributed by atoms with Gasteiger partial charge in [0, 0.05) is 48.7 Å². The van der Waals surface area contributed by atoms with E-state index in [9.17, 15) is 13.5 Å². The SMILES string of the molecule is CC.CC.Cc1ccccc1N=Nc1ccc2cc(S(=O)(=O)O)cc(O)c2c1N.II. The number of phenols is 1. The lowest BCUT2D eigenvalue weighted by Gasteiger charge is -2.09. The Morgan fingerprint density at radius 2 is 1.45 bits per heavy atom. The maximum Gasteiger partial charge on any atom is 0.294 e. The van der Waals surface area contributed by atoms with E-state index in [0.29, 0.717) is 16.8 Å². The summed E-state index contributed by atoms with van der Waals surface area (Å²) in [5.74, 6) is -0.365. The molecule has 7 nitrogen and oxygen atoms in total. The molecule has 4 N–H and O–H groups in total. The molecule has 31 heavy (non-hydrogen) atoms. The van der Waals surface area contributed by atoms with Gasteiger partial charge in [0.1, 0.15) is 11.4 Å². The van der Waals surface area contributed by atoms with Crippen LogP contribution in [0.4, 0.5) is 17.1 Å². The van der Waals surface area contributed by atoms with E-state index in [4.69, 9.17) is 10.3 Å². The molecule has 0 amide bonds. The number of fused-ring (bicyclic) bond motifs is 1. The number of aryl methyl sites for hydroxylation is 1. The first kappa shape index (κ1) is 29.5. The second kappa shape index (κ2) is 14.5. The van der Waals surface area contributed by atoms with Gasteiger partial charge >= 0.3 is 0 Å². The molecule has 0 aliphatic heterocycles. The normalized spacial score (nSPS) is 10.3. The van der Waals surface area contributed by atoms with Crippen LogP contribution in [0.25, 0.3) is 10.8 Å². The standard InChI is InChI=1S/C17H15N3O4S.2C2H6.I2/c1-10-4-2-3-5-13(10)19-20-14-7-6-11-8-12(25(22,23)24)9-15(21)16(11)17(14)18;3*1-2/h2-9,21H,18H2,1H3,(H,22,23,24);2*1-2H3;. The van der Waals surface area contributed by atoms with E-state index in [-0.39, 0.29) is 16.8 Å². The maximum absolute atomic E-state index is 11.3. The van der Waals surface area contributed by atoms with Gasteiger partial charge in [0.2, 0.25) is 0 Å². The minimum atomic E-state index is -4.43. The molecule has 0 spiro atoms. The van der Waals surface area contributed by atoms with Crippen molar-refractivity contribution in [2.45, 2.75) is 39.5 Å². The minimum absolute atomic E-state index is 0.161. The van der Waals surface area contributed by atoms with Crippen LogP contribution in [0, 0.1) is 6.92 Å². The molecule has 0 saturated carbocycles. The smallest absolute Gasteiger partial charge is 0.294 e. The predicted molar refractivity (Wildman–Crippen MR) is 146 cm³/mol. The fraction of sp³-hybridized carbons (Fsp3) is 0.238. The van der Waals surface area contributed by atoms with Crippen molar-refractivity contribution in [3.8, 4) is 5.75 Å². The molecule has 170 valence electrons. The number of nitrogens with zero attached hydrogens (tertiary/aromatic N) is 2. The summed E-state index contributed by atoms with van der Waals surface area (Å²) >= 11 is 4.24. The van der Waals surface area contributed by atoms with Crippen molar-refractivity contribution in [1.29, 1.82) is 0 Å². The van der Waals surface area contributed by atoms with E-state index in [1.165, 1.54) is 6.07 Å². The van der Waals surface area contributed by atoms with Crippen LogP contribution >= 0.6 is 37.2 Å². The van der Waals surface area contributed by atoms with E-state index in [1.807, 2.05) is 58.9 Å². The molecule has 0 atom stereocenters. The molecule has 0 radical (unpaired) electrons. The zero-order chi connectivity index (χ0) is 24.2. The molecule has 10 heteroatoms. The number of benzene rings is 3. The van der Waals surface area contributed by atoms with Crippen LogP contribution in [-0.2, 0) is 10.1 Å². The van der Waals surface area contributed by atoms with Gasteiger partial charge in [0.25, 0.3) is 10.1 Å². The molecule has 3 rings (SSSR count). The molecule has 0 bridgehead atoms. The Balaban J connectivity index is 0.00000138. The topological polar surface area (TPSA) is 125 Å². The summed E-state index contributed by atoms with van der Waals surface area (Å²) in [6.07, 6.45) is 0. The lowest BCUT2D eigenvalue weighted by molar-refractivity contribution is 0.471. The van der Waals surface area contributed by atoms with Crippen LogP contribution in [0.5, 0.6) is 5.75 Å². The molecule has 0 saturated heterocycles. The maximum atomic E-state index is 11.3. The first-order chi connectivity index (χ1) is 14.8. The molecule has 0 unspecified atom stereocenters. The zero-order valence-electron chi connectivity index (χ0n) is 18.0.